The van der Waals surface area contributed by atoms with Crippen molar-refractivity contribution in [2.75, 3.05) is 0 Å². The molecule has 0 aliphatic rings. The second-order valence-corrected chi connectivity index (χ2v) is 5.21. The largest absolute Gasteiger partial charge is 0.350 e. The van der Waals surface area contributed by atoms with E-state index >= 15 is 0 Å². The van der Waals surface area contributed by atoms with E-state index in [0.717, 1.165) is 21.5 Å². The highest BCUT2D eigenvalue weighted by Gasteiger charge is 2.10. The quantitative estimate of drug-likeness (QED) is 0.731. The van der Waals surface area contributed by atoms with Gasteiger partial charge in [-0.15, -0.1) is 0 Å². The summed E-state index contributed by atoms with van der Waals surface area (Å²) in [4.78, 5) is 28.0. The number of aryl methyl sites for hydroxylation is 1. The minimum absolute atomic E-state index is 0.123. The number of carbonyl (C=O) groups excluding carboxylic acids is 1. The van der Waals surface area contributed by atoms with Gasteiger partial charge in [0.15, 0.2) is 0 Å². The summed E-state index contributed by atoms with van der Waals surface area (Å²) in [7, 11) is 1.83. The molecule has 3 heterocycles. The topological polar surface area (TPSA) is 94.7 Å². The Balaban J connectivity index is 1.70. The van der Waals surface area contributed by atoms with E-state index in [-0.39, 0.29) is 18.0 Å². The molecule has 0 aliphatic heterocycles. The number of pyridine rings is 1. The van der Waals surface area contributed by atoms with Gasteiger partial charge in [0.25, 0.3) is 5.56 Å². The number of aromatic nitrogens is 5. The van der Waals surface area contributed by atoms with Crippen LogP contribution in [-0.4, -0.2) is 30.5 Å². The second kappa shape index (κ2) is 6.86. The monoisotopic (exact) mass is 324 g/mol. The molecule has 0 unspecified atom stereocenters. The SMILES string of the molecule is Cn1cc(-c2ncccc2CNC(=O)Cn2ncccc2=O)cn1. The molecule has 0 bridgehead atoms. The van der Waals surface area contributed by atoms with Crippen LogP contribution in [0, 0.1) is 0 Å². The highest BCUT2D eigenvalue weighted by molar-refractivity contribution is 5.76. The van der Waals surface area contributed by atoms with Gasteiger partial charge in [-0.05, 0) is 17.7 Å². The molecule has 0 aromatic carbocycles. The molecule has 8 nitrogen and oxygen atoms in total. The first kappa shape index (κ1) is 15.6. The highest BCUT2D eigenvalue weighted by atomic mass is 16.2. The van der Waals surface area contributed by atoms with Crippen molar-refractivity contribution >= 4 is 5.91 Å². The lowest BCUT2D eigenvalue weighted by Gasteiger charge is -2.09. The Bertz CT molecular complexity index is 914. The predicted molar refractivity (Wildman–Crippen MR) is 86.8 cm³/mol. The van der Waals surface area contributed by atoms with Crippen molar-refractivity contribution in [2.45, 2.75) is 13.1 Å². The fraction of sp³-hybridized carbons (Fsp3) is 0.188. The van der Waals surface area contributed by atoms with Crippen LogP contribution in [0.5, 0.6) is 0 Å². The number of hydrogen-bond donors (Lipinski definition) is 1. The Morgan fingerprint density at radius 3 is 2.79 bits per heavy atom. The third-order valence-corrected chi connectivity index (χ3v) is 3.42. The van der Waals surface area contributed by atoms with Crippen molar-refractivity contribution in [3.8, 4) is 11.3 Å². The van der Waals surface area contributed by atoms with Crippen LogP contribution in [0.25, 0.3) is 11.3 Å². The van der Waals surface area contributed by atoms with Gasteiger partial charge in [0, 0.05) is 43.8 Å². The van der Waals surface area contributed by atoms with E-state index in [9.17, 15) is 9.59 Å². The number of nitrogens with zero attached hydrogens (tertiary/aromatic N) is 5. The number of carbonyl (C=O) groups is 1. The molecule has 24 heavy (non-hydrogen) atoms. The molecular formula is C16H16N6O2. The smallest absolute Gasteiger partial charge is 0.267 e. The van der Waals surface area contributed by atoms with E-state index in [4.69, 9.17) is 0 Å². The van der Waals surface area contributed by atoms with Crippen LogP contribution in [-0.2, 0) is 24.9 Å². The average Bonchev–Trinajstić information content (AvgIpc) is 3.02. The van der Waals surface area contributed by atoms with Crippen molar-refractivity contribution in [2.24, 2.45) is 7.05 Å². The molecule has 0 saturated heterocycles. The zero-order valence-electron chi connectivity index (χ0n) is 13.1. The van der Waals surface area contributed by atoms with Crippen LogP contribution in [0.4, 0.5) is 0 Å². The van der Waals surface area contributed by atoms with Crippen molar-refractivity contribution in [1.82, 2.24) is 29.9 Å². The maximum atomic E-state index is 12.0. The van der Waals surface area contributed by atoms with Crippen molar-refractivity contribution in [1.29, 1.82) is 0 Å². The van der Waals surface area contributed by atoms with E-state index in [1.807, 2.05) is 25.4 Å². The molecule has 8 heteroatoms. The van der Waals surface area contributed by atoms with Gasteiger partial charge in [0.05, 0.1) is 11.9 Å². The highest BCUT2D eigenvalue weighted by Crippen LogP contribution is 2.19. The Labute approximate surface area is 137 Å². The molecule has 0 spiro atoms. The van der Waals surface area contributed by atoms with Crippen molar-refractivity contribution in [3.05, 3.63) is 65.0 Å². The summed E-state index contributed by atoms with van der Waals surface area (Å²) in [5.74, 6) is -0.295. The Morgan fingerprint density at radius 2 is 2.04 bits per heavy atom. The fourth-order valence-electron chi connectivity index (χ4n) is 2.28. The van der Waals surface area contributed by atoms with E-state index in [2.05, 4.69) is 20.5 Å². The molecule has 122 valence electrons. The lowest BCUT2D eigenvalue weighted by Crippen LogP contribution is -2.33. The summed E-state index contributed by atoms with van der Waals surface area (Å²) >= 11 is 0. The van der Waals surface area contributed by atoms with Gasteiger partial charge in [-0.1, -0.05) is 6.07 Å². The lowest BCUT2D eigenvalue weighted by molar-refractivity contribution is -0.122. The first-order chi connectivity index (χ1) is 11.6. The molecule has 0 aliphatic carbocycles. The standard InChI is InChI=1S/C16H16N6O2/c1-21-10-13(9-20-21)16-12(4-2-6-17-16)8-18-14(23)11-22-15(24)5-3-7-19-22/h2-7,9-10H,8,11H2,1H3,(H,18,23). The van der Waals surface area contributed by atoms with E-state index in [1.54, 1.807) is 17.1 Å². The number of rotatable bonds is 5. The molecule has 1 amide bonds. The van der Waals surface area contributed by atoms with Gasteiger partial charge in [-0.2, -0.15) is 10.2 Å². The number of hydrogen-bond acceptors (Lipinski definition) is 5. The van der Waals surface area contributed by atoms with E-state index in [0.29, 0.717) is 6.54 Å². The minimum Gasteiger partial charge on any atom is -0.350 e. The first-order valence-corrected chi connectivity index (χ1v) is 7.35. The third kappa shape index (κ3) is 3.54. The van der Waals surface area contributed by atoms with E-state index in [1.165, 1.54) is 18.3 Å². The molecule has 0 radical (unpaired) electrons. The zero-order valence-corrected chi connectivity index (χ0v) is 13.1. The zero-order chi connectivity index (χ0) is 16.9. The van der Waals surface area contributed by atoms with Crippen LogP contribution >= 0.6 is 0 Å². The summed E-state index contributed by atoms with van der Waals surface area (Å²) < 4.78 is 2.81. The van der Waals surface area contributed by atoms with Crippen LogP contribution in [0.1, 0.15) is 5.56 Å². The van der Waals surface area contributed by atoms with Gasteiger partial charge in [0.1, 0.15) is 6.54 Å². The van der Waals surface area contributed by atoms with Gasteiger partial charge in [-0.25, -0.2) is 4.68 Å². The molecule has 3 aromatic rings. The van der Waals surface area contributed by atoms with Crippen LogP contribution in [0.3, 0.4) is 0 Å². The minimum atomic E-state index is -0.315. The van der Waals surface area contributed by atoms with E-state index < -0.39 is 0 Å². The van der Waals surface area contributed by atoms with Crippen LogP contribution < -0.4 is 10.9 Å². The van der Waals surface area contributed by atoms with Gasteiger partial charge < -0.3 is 5.32 Å². The van der Waals surface area contributed by atoms with Gasteiger partial charge >= 0.3 is 0 Å². The normalized spacial score (nSPS) is 10.5. The van der Waals surface area contributed by atoms with Crippen LogP contribution in [0.2, 0.25) is 0 Å². The molecular weight excluding hydrogens is 308 g/mol. The number of nitrogens with one attached hydrogen (secondary N) is 1. The van der Waals surface area contributed by atoms with Crippen LogP contribution in [0.15, 0.2) is 53.8 Å². The molecule has 0 atom stereocenters. The summed E-state index contributed by atoms with van der Waals surface area (Å²) in [5.41, 5.74) is 2.20. The second-order valence-electron chi connectivity index (χ2n) is 5.21. The molecule has 3 rings (SSSR count). The summed E-state index contributed by atoms with van der Waals surface area (Å²) in [6.07, 6.45) is 6.75. The lowest BCUT2D eigenvalue weighted by atomic mass is 10.1. The Morgan fingerprint density at radius 1 is 1.21 bits per heavy atom. The Kier molecular flexibility index (Phi) is 4.46. The maximum Gasteiger partial charge on any atom is 0.267 e. The summed E-state index contributed by atoms with van der Waals surface area (Å²) in [6, 6.07) is 6.60. The molecule has 1 N–H and O–H groups in total. The average molecular weight is 324 g/mol. The Hall–Kier alpha value is -3.29. The molecule has 3 aromatic heterocycles. The predicted octanol–water partition coefficient (Wildman–Crippen LogP) is 0.355. The fourth-order valence-corrected chi connectivity index (χ4v) is 2.28. The van der Waals surface area contributed by atoms with Gasteiger partial charge in [-0.3, -0.25) is 19.3 Å². The maximum absolute atomic E-state index is 12.0. The first-order valence-electron chi connectivity index (χ1n) is 7.35. The van der Waals surface area contributed by atoms with Gasteiger partial charge in [0.2, 0.25) is 5.91 Å². The number of amides is 1. The van der Waals surface area contributed by atoms with Crippen molar-refractivity contribution in [3.63, 3.8) is 0 Å². The summed E-state index contributed by atoms with van der Waals surface area (Å²) in [6.45, 7) is 0.181. The molecule has 0 saturated carbocycles. The van der Waals surface area contributed by atoms with Crippen molar-refractivity contribution < 1.29 is 4.79 Å². The third-order valence-electron chi connectivity index (χ3n) is 3.42. The molecule has 0 fully saturated rings. The summed E-state index contributed by atoms with van der Waals surface area (Å²) in [5, 5.41) is 10.8.